The minimum Gasteiger partial charge on any atom is -0.327 e. The van der Waals surface area contributed by atoms with Gasteiger partial charge in [0.25, 0.3) is 0 Å². The number of benzene rings is 3. The van der Waals surface area contributed by atoms with Gasteiger partial charge in [0, 0.05) is 5.69 Å². The molecule has 0 unspecified atom stereocenters. The summed E-state index contributed by atoms with van der Waals surface area (Å²) in [6, 6.07) is 25.7. The summed E-state index contributed by atoms with van der Waals surface area (Å²) in [6.45, 7) is 4.11. The van der Waals surface area contributed by atoms with E-state index in [2.05, 4.69) is 23.6 Å². The molecule has 3 aromatic rings. The fraction of sp³-hybridized carbons (Fsp3) is 0.174. The van der Waals surface area contributed by atoms with Crippen molar-refractivity contribution in [3.05, 3.63) is 101 Å². The first kappa shape index (κ1) is 17.7. The average molecular weight is 344 g/mol. The van der Waals surface area contributed by atoms with E-state index in [0.717, 1.165) is 34.4 Å². The Morgan fingerprint density at radius 2 is 1.42 bits per heavy atom. The molecule has 2 N–H and O–H groups in total. The van der Waals surface area contributed by atoms with Gasteiger partial charge in [-0.1, -0.05) is 85.8 Å². The summed E-state index contributed by atoms with van der Waals surface area (Å²) in [5.74, 6) is 0. The molecule has 0 saturated heterocycles. The molecule has 0 saturated carbocycles. The smallest absolute Gasteiger partial charge is 0.320 e. The van der Waals surface area contributed by atoms with Crippen molar-refractivity contribution in [2.24, 2.45) is 0 Å². The van der Waals surface area contributed by atoms with E-state index in [9.17, 15) is 4.79 Å². The number of carbonyl (C=O) groups excluding carboxylic acids is 1. The van der Waals surface area contributed by atoms with Crippen LogP contribution >= 0.6 is 0 Å². The highest BCUT2D eigenvalue weighted by Gasteiger charge is 2.17. The molecule has 3 nitrogen and oxygen atoms in total. The zero-order valence-corrected chi connectivity index (χ0v) is 15.2. The highest BCUT2D eigenvalue weighted by Crippen LogP contribution is 2.24. The highest BCUT2D eigenvalue weighted by atomic mass is 16.2. The van der Waals surface area contributed by atoms with Crippen LogP contribution < -0.4 is 10.6 Å². The van der Waals surface area contributed by atoms with Crippen LogP contribution in [0.15, 0.2) is 78.9 Å². The number of para-hydroxylation sites is 1. The predicted molar refractivity (Wildman–Crippen MR) is 107 cm³/mol. The minimum atomic E-state index is -0.202. The molecule has 0 aliphatic heterocycles. The van der Waals surface area contributed by atoms with Crippen molar-refractivity contribution in [1.82, 2.24) is 5.32 Å². The fourth-order valence-corrected chi connectivity index (χ4v) is 3.13. The molecule has 26 heavy (non-hydrogen) atoms. The van der Waals surface area contributed by atoms with Crippen molar-refractivity contribution in [3.63, 3.8) is 0 Å². The molecule has 3 aromatic carbocycles. The maximum atomic E-state index is 12.8. The van der Waals surface area contributed by atoms with E-state index in [1.807, 2.05) is 79.7 Å². The number of hydrogen-bond acceptors (Lipinski definition) is 1. The van der Waals surface area contributed by atoms with E-state index in [1.165, 1.54) is 0 Å². The summed E-state index contributed by atoms with van der Waals surface area (Å²) in [5.41, 5.74) is 5.20. The van der Waals surface area contributed by atoms with Crippen molar-refractivity contribution < 1.29 is 4.79 Å². The first-order valence-corrected chi connectivity index (χ1v) is 8.95. The molecule has 0 radical (unpaired) electrons. The van der Waals surface area contributed by atoms with Crippen molar-refractivity contribution in [2.45, 2.75) is 26.3 Å². The predicted octanol–water partition coefficient (Wildman–Crippen LogP) is 5.47. The Labute approximate surface area is 155 Å². The zero-order valence-electron chi connectivity index (χ0n) is 15.2. The van der Waals surface area contributed by atoms with Gasteiger partial charge < -0.3 is 10.6 Å². The van der Waals surface area contributed by atoms with E-state index in [0.29, 0.717) is 0 Å². The van der Waals surface area contributed by atoms with Crippen LogP contribution in [-0.2, 0) is 6.42 Å². The summed E-state index contributed by atoms with van der Waals surface area (Å²) < 4.78 is 0. The monoisotopic (exact) mass is 344 g/mol. The zero-order chi connectivity index (χ0) is 18.4. The lowest BCUT2D eigenvalue weighted by molar-refractivity contribution is 0.250. The first-order valence-electron chi connectivity index (χ1n) is 8.95. The number of urea groups is 1. The molecule has 0 spiro atoms. The third-order valence-corrected chi connectivity index (χ3v) is 4.52. The van der Waals surface area contributed by atoms with Gasteiger partial charge in [0.1, 0.15) is 0 Å². The largest absolute Gasteiger partial charge is 0.327 e. The van der Waals surface area contributed by atoms with Crippen LogP contribution in [0.2, 0.25) is 0 Å². The van der Waals surface area contributed by atoms with Crippen LogP contribution in [0.25, 0.3) is 0 Å². The number of rotatable bonds is 5. The third-order valence-electron chi connectivity index (χ3n) is 4.52. The van der Waals surface area contributed by atoms with Crippen molar-refractivity contribution in [1.29, 1.82) is 0 Å². The minimum absolute atomic E-state index is 0.202. The van der Waals surface area contributed by atoms with Crippen LogP contribution in [-0.4, -0.2) is 6.03 Å². The topological polar surface area (TPSA) is 41.1 Å². The molecule has 0 heterocycles. The Morgan fingerprint density at radius 3 is 1.96 bits per heavy atom. The van der Waals surface area contributed by atoms with Crippen molar-refractivity contribution in [3.8, 4) is 0 Å². The van der Waals surface area contributed by atoms with Gasteiger partial charge in [0.15, 0.2) is 0 Å². The van der Waals surface area contributed by atoms with Gasteiger partial charge in [-0.15, -0.1) is 0 Å². The summed E-state index contributed by atoms with van der Waals surface area (Å²) in [7, 11) is 0. The van der Waals surface area contributed by atoms with Gasteiger partial charge in [-0.3, -0.25) is 0 Å². The van der Waals surface area contributed by atoms with E-state index < -0.39 is 0 Å². The van der Waals surface area contributed by atoms with Crippen LogP contribution in [0.5, 0.6) is 0 Å². The Kier molecular flexibility index (Phi) is 5.69. The SMILES string of the molecule is CCc1cccc(C)c1NC(=O)NC(c1ccccc1)c1ccccc1. The van der Waals surface area contributed by atoms with Crippen molar-refractivity contribution >= 4 is 11.7 Å². The number of anilines is 1. The van der Waals surface area contributed by atoms with Gasteiger partial charge in [0.2, 0.25) is 0 Å². The molecule has 3 heteroatoms. The maximum absolute atomic E-state index is 12.8. The Bertz CT molecular complexity index is 820. The second-order valence-corrected chi connectivity index (χ2v) is 6.32. The van der Waals surface area contributed by atoms with Gasteiger partial charge in [-0.2, -0.15) is 0 Å². The lowest BCUT2D eigenvalue weighted by atomic mass is 9.99. The lowest BCUT2D eigenvalue weighted by Crippen LogP contribution is -2.33. The fourth-order valence-electron chi connectivity index (χ4n) is 3.13. The number of hydrogen-bond donors (Lipinski definition) is 2. The van der Waals surface area contributed by atoms with E-state index in [4.69, 9.17) is 0 Å². The number of nitrogens with one attached hydrogen (secondary N) is 2. The van der Waals surface area contributed by atoms with Gasteiger partial charge in [-0.25, -0.2) is 4.79 Å². The molecule has 0 bridgehead atoms. The molecule has 0 fully saturated rings. The van der Waals surface area contributed by atoms with Crippen LogP contribution in [0.3, 0.4) is 0 Å². The van der Waals surface area contributed by atoms with E-state index >= 15 is 0 Å². The number of carbonyl (C=O) groups is 1. The van der Waals surface area contributed by atoms with E-state index in [-0.39, 0.29) is 12.1 Å². The van der Waals surface area contributed by atoms with Crippen LogP contribution in [0.1, 0.15) is 35.2 Å². The lowest BCUT2D eigenvalue weighted by Gasteiger charge is -2.21. The molecule has 0 aliphatic rings. The maximum Gasteiger partial charge on any atom is 0.320 e. The molecular formula is C23H24N2O. The highest BCUT2D eigenvalue weighted by molar-refractivity contribution is 5.91. The first-order chi connectivity index (χ1) is 12.7. The second-order valence-electron chi connectivity index (χ2n) is 6.32. The molecule has 2 amide bonds. The summed E-state index contributed by atoms with van der Waals surface area (Å²) in [6.07, 6.45) is 0.873. The molecule has 0 atom stereocenters. The average Bonchev–Trinajstić information content (AvgIpc) is 2.69. The summed E-state index contributed by atoms with van der Waals surface area (Å²) >= 11 is 0. The summed E-state index contributed by atoms with van der Waals surface area (Å²) in [5, 5.41) is 6.18. The normalized spacial score (nSPS) is 10.6. The number of amides is 2. The van der Waals surface area contributed by atoms with Gasteiger partial charge in [0.05, 0.1) is 6.04 Å². The van der Waals surface area contributed by atoms with E-state index in [1.54, 1.807) is 0 Å². The van der Waals surface area contributed by atoms with Crippen LogP contribution in [0.4, 0.5) is 10.5 Å². The third kappa shape index (κ3) is 4.12. The molecular weight excluding hydrogens is 320 g/mol. The quantitative estimate of drug-likeness (QED) is 0.633. The number of aryl methyl sites for hydroxylation is 2. The standard InChI is InChI=1S/C23H24N2O/c1-3-18-16-10-11-17(2)21(18)24-23(26)25-22(19-12-6-4-7-13-19)20-14-8-5-9-15-20/h4-16,22H,3H2,1-2H3,(H2,24,25,26). The molecule has 0 aliphatic carbocycles. The summed E-state index contributed by atoms with van der Waals surface area (Å²) in [4.78, 5) is 12.8. The Balaban J connectivity index is 1.85. The second kappa shape index (κ2) is 8.34. The van der Waals surface area contributed by atoms with Gasteiger partial charge >= 0.3 is 6.03 Å². The molecule has 132 valence electrons. The Morgan fingerprint density at radius 1 is 0.846 bits per heavy atom. The van der Waals surface area contributed by atoms with Crippen molar-refractivity contribution in [2.75, 3.05) is 5.32 Å². The Hall–Kier alpha value is -3.07. The van der Waals surface area contributed by atoms with Gasteiger partial charge in [-0.05, 0) is 35.6 Å². The van der Waals surface area contributed by atoms with Crippen LogP contribution in [0, 0.1) is 6.92 Å². The molecule has 3 rings (SSSR count). The molecule has 0 aromatic heterocycles.